The number of carbonyl (C=O) groups is 1. The number of benzene rings is 2. The van der Waals surface area contributed by atoms with Crippen LogP contribution in [0.4, 0.5) is 15.8 Å². The Labute approximate surface area is 137 Å². The van der Waals surface area contributed by atoms with Gasteiger partial charge in [0.1, 0.15) is 17.3 Å². The Morgan fingerprint density at radius 2 is 2.08 bits per heavy atom. The summed E-state index contributed by atoms with van der Waals surface area (Å²) in [6.45, 7) is 1.51. The van der Waals surface area contributed by atoms with Gasteiger partial charge in [-0.15, -0.1) is 0 Å². The van der Waals surface area contributed by atoms with E-state index in [1.54, 1.807) is 18.2 Å². The lowest BCUT2D eigenvalue weighted by Gasteiger charge is -2.10. The second-order valence-electron chi connectivity index (χ2n) is 5.71. The molecule has 2 heterocycles. The summed E-state index contributed by atoms with van der Waals surface area (Å²) in [5, 5.41) is 6.79. The molecule has 4 rings (SSSR count). The third kappa shape index (κ3) is 2.78. The van der Waals surface area contributed by atoms with Gasteiger partial charge in [-0.25, -0.2) is 4.39 Å². The number of aromatic nitrogens is 1. The number of amides is 1. The van der Waals surface area contributed by atoms with Gasteiger partial charge in [-0.2, -0.15) is 0 Å². The highest BCUT2D eigenvalue weighted by Gasteiger charge is 2.13. The minimum atomic E-state index is -0.328. The number of aromatic amines is 1. The molecule has 0 atom stereocenters. The maximum Gasteiger partial charge on any atom is 0.272 e. The Kier molecular flexibility index (Phi) is 3.57. The molecule has 122 valence electrons. The van der Waals surface area contributed by atoms with E-state index >= 15 is 0 Å². The lowest BCUT2D eigenvalue weighted by molar-refractivity contribution is 0.102. The van der Waals surface area contributed by atoms with Gasteiger partial charge in [0, 0.05) is 23.1 Å². The van der Waals surface area contributed by atoms with E-state index in [9.17, 15) is 9.18 Å². The van der Waals surface area contributed by atoms with Crippen LogP contribution >= 0.6 is 0 Å². The first-order chi connectivity index (χ1) is 11.7. The first-order valence-electron chi connectivity index (χ1n) is 7.79. The number of anilines is 2. The van der Waals surface area contributed by atoms with Crippen molar-refractivity contribution in [2.24, 2.45) is 0 Å². The van der Waals surface area contributed by atoms with E-state index in [0.29, 0.717) is 23.4 Å². The fourth-order valence-electron chi connectivity index (χ4n) is 2.77. The summed E-state index contributed by atoms with van der Waals surface area (Å²) in [4.78, 5) is 15.4. The predicted molar refractivity (Wildman–Crippen MR) is 91.3 cm³/mol. The number of fused-ring (bicyclic) bond motifs is 2. The predicted octanol–water partition coefficient (Wildman–Crippen LogP) is 3.75. The summed E-state index contributed by atoms with van der Waals surface area (Å²) >= 11 is 0. The molecule has 0 bridgehead atoms. The largest absolute Gasteiger partial charge is 0.491 e. The van der Waals surface area contributed by atoms with Crippen LogP contribution in [-0.4, -0.2) is 24.0 Å². The second kappa shape index (κ2) is 5.88. The molecule has 3 N–H and O–H groups in total. The van der Waals surface area contributed by atoms with Crippen LogP contribution in [0.1, 0.15) is 16.9 Å². The normalized spacial score (nSPS) is 13.5. The topological polar surface area (TPSA) is 66.2 Å². The van der Waals surface area contributed by atoms with Crippen molar-refractivity contribution in [3.8, 4) is 5.75 Å². The summed E-state index contributed by atoms with van der Waals surface area (Å²) in [6.07, 6.45) is 0.933. The maximum atomic E-state index is 13.3. The Hall–Kier alpha value is -3.02. The van der Waals surface area contributed by atoms with Crippen molar-refractivity contribution in [2.45, 2.75) is 6.42 Å². The SMILES string of the molecule is O=C(Nc1ccc2c(c1)NCCCO2)c1cc2cc(F)ccc2[nH]1. The molecule has 0 unspecified atom stereocenters. The smallest absolute Gasteiger partial charge is 0.272 e. The zero-order valence-electron chi connectivity index (χ0n) is 12.9. The Bertz CT molecular complexity index is 920. The fourth-order valence-corrected chi connectivity index (χ4v) is 2.77. The van der Waals surface area contributed by atoms with Crippen molar-refractivity contribution in [3.63, 3.8) is 0 Å². The molecule has 6 heteroatoms. The number of carbonyl (C=O) groups excluding carboxylic acids is 1. The highest BCUT2D eigenvalue weighted by Crippen LogP contribution is 2.30. The van der Waals surface area contributed by atoms with Crippen molar-refractivity contribution in [1.82, 2.24) is 4.98 Å². The van der Waals surface area contributed by atoms with Gasteiger partial charge in [0.2, 0.25) is 0 Å². The van der Waals surface area contributed by atoms with Crippen molar-refractivity contribution in [3.05, 3.63) is 54.0 Å². The Morgan fingerprint density at radius 1 is 1.17 bits per heavy atom. The van der Waals surface area contributed by atoms with E-state index in [2.05, 4.69) is 15.6 Å². The zero-order chi connectivity index (χ0) is 16.5. The number of rotatable bonds is 2. The maximum absolute atomic E-state index is 13.3. The van der Waals surface area contributed by atoms with Crippen LogP contribution in [0.15, 0.2) is 42.5 Å². The van der Waals surface area contributed by atoms with E-state index in [4.69, 9.17) is 4.74 Å². The standard InChI is InChI=1S/C18H16FN3O2/c19-12-2-4-14-11(8-12)9-16(22-14)18(23)21-13-3-5-17-15(10-13)20-6-1-7-24-17/h2-5,8-10,20,22H,1,6-7H2,(H,21,23). The molecule has 5 nitrogen and oxygen atoms in total. The first-order valence-corrected chi connectivity index (χ1v) is 7.79. The van der Waals surface area contributed by atoms with Gasteiger partial charge in [-0.05, 0) is 48.9 Å². The quantitative estimate of drug-likeness (QED) is 0.672. The summed E-state index contributed by atoms with van der Waals surface area (Å²) in [6, 6.07) is 11.5. The first kappa shape index (κ1) is 14.6. The van der Waals surface area contributed by atoms with Crippen LogP contribution in [0.5, 0.6) is 5.75 Å². The molecule has 0 saturated carbocycles. The molecule has 1 aromatic heterocycles. The summed E-state index contributed by atoms with van der Waals surface area (Å²) in [5.74, 6) is 0.179. The van der Waals surface area contributed by atoms with Crippen LogP contribution < -0.4 is 15.4 Å². The van der Waals surface area contributed by atoms with Crippen molar-refractivity contribution in [2.75, 3.05) is 23.8 Å². The number of hydrogen-bond donors (Lipinski definition) is 3. The van der Waals surface area contributed by atoms with E-state index in [-0.39, 0.29) is 11.7 Å². The van der Waals surface area contributed by atoms with Gasteiger partial charge >= 0.3 is 0 Å². The molecule has 24 heavy (non-hydrogen) atoms. The summed E-state index contributed by atoms with van der Waals surface area (Å²) in [7, 11) is 0. The van der Waals surface area contributed by atoms with E-state index in [0.717, 1.165) is 29.9 Å². The number of hydrogen-bond acceptors (Lipinski definition) is 3. The molecular formula is C18H16FN3O2. The average molecular weight is 325 g/mol. The third-order valence-electron chi connectivity index (χ3n) is 3.96. The van der Waals surface area contributed by atoms with Gasteiger partial charge in [0.15, 0.2) is 0 Å². The van der Waals surface area contributed by atoms with Gasteiger partial charge in [0.25, 0.3) is 5.91 Å². The molecule has 1 aliphatic heterocycles. The molecule has 0 fully saturated rings. The highest BCUT2D eigenvalue weighted by atomic mass is 19.1. The molecule has 1 amide bonds. The van der Waals surface area contributed by atoms with E-state index in [1.807, 2.05) is 12.1 Å². The molecule has 0 saturated heterocycles. The number of halogens is 1. The number of ether oxygens (including phenoxy) is 1. The monoisotopic (exact) mass is 325 g/mol. The van der Waals surface area contributed by atoms with Gasteiger partial charge in [-0.3, -0.25) is 4.79 Å². The van der Waals surface area contributed by atoms with Gasteiger partial charge in [-0.1, -0.05) is 0 Å². The molecule has 0 radical (unpaired) electrons. The molecule has 0 aliphatic carbocycles. The minimum absolute atomic E-state index is 0.277. The third-order valence-corrected chi connectivity index (χ3v) is 3.96. The summed E-state index contributed by atoms with van der Waals surface area (Å²) in [5.41, 5.74) is 2.64. The highest BCUT2D eigenvalue weighted by molar-refractivity contribution is 6.06. The van der Waals surface area contributed by atoms with Crippen molar-refractivity contribution >= 4 is 28.2 Å². The molecule has 2 aromatic carbocycles. The van der Waals surface area contributed by atoms with Crippen molar-refractivity contribution < 1.29 is 13.9 Å². The van der Waals surface area contributed by atoms with Gasteiger partial charge < -0.3 is 20.4 Å². The zero-order valence-corrected chi connectivity index (χ0v) is 12.9. The van der Waals surface area contributed by atoms with Crippen LogP contribution in [0, 0.1) is 5.82 Å². The Morgan fingerprint density at radius 3 is 3.00 bits per heavy atom. The minimum Gasteiger partial charge on any atom is -0.491 e. The molecular weight excluding hydrogens is 309 g/mol. The lowest BCUT2D eigenvalue weighted by atomic mass is 10.2. The van der Waals surface area contributed by atoms with Crippen LogP contribution in [-0.2, 0) is 0 Å². The molecule has 3 aromatic rings. The van der Waals surface area contributed by atoms with Crippen LogP contribution in [0.3, 0.4) is 0 Å². The Balaban J connectivity index is 1.57. The van der Waals surface area contributed by atoms with Crippen LogP contribution in [0.25, 0.3) is 10.9 Å². The summed E-state index contributed by atoms with van der Waals surface area (Å²) < 4.78 is 18.9. The average Bonchev–Trinajstić information content (AvgIpc) is 2.85. The number of H-pyrrole nitrogens is 1. The number of nitrogens with one attached hydrogen (secondary N) is 3. The second-order valence-corrected chi connectivity index (χ2v) is 5.71. The molecule has 1 aliphatic rings. The van der Waals surface area contributed by atoms with Crippen molar-refractivity contribution in [1.29, 1.82) is 0 Å². The lowest BCUT2D eigenvalue weighted by Crippen LogP contribution is -2.12. The van der Waals surface area contributed by atoms with Crippen LogP contribution in [0.2, 0.25) is 0 Å². The molecule has 0 spiro atoms. The van der Waals surface area contributed by atoms with Gasteiger partial charge in [0.05, 0.1) is 12.3 Å². The van der Waals surface area contributed by atoms with E-state index < -0.39 is 0 Å². The fraction of sp³-hybridized carbons (Fsp3) is 0.167. The van der Waals surface area contributed by atoms with E-state index in [1.165, 1.54) is 12.1 Å².